The van der Waals surface area contributed by atoms with Crippen LogP contribution in [0.2, 0.25) is 0 Å². The van der Waals surface area contributed by atoms with E-state index in [-0.39, 0.29) is 6.04 Å². The molecule has 1 N–H and O–H groups in total. The van der Waals surface area contributed by atoms with Crippen LogP contribution in [0, 0.1) is 6.92 Å². The van der Waals surface area contributed by atoms with E-state index in [1.54, 1.807) is 6.20 Å². The standard InChI is InChI=1S/C18H23N3O2/c1-5-23-11-16(18(3,4)22)21-12(2)20-15-10-19-14-9-7-6-8-13(14)17(15)21/h6-10,16,22H,5,11H2,1-4H3/t16-/m1/s1. The lowest BCUT2D eigenvalue weighted by Crippen LogP contribution is -2.37. The maximum Gasteiger partial charge on any atom is 0.108 e. The summed E-state index contributed by atoms with van der Waals surface area (Å²) in [6, 6.07) is 7.78. The zero-order valence-electron chi connectivity index (χ0n) is 14.1. The van der Waals surface area contributed by atoms with Crippen molar-refractivity contribution in [3.8, 4) is 0 Å². The van der Waals surface area contributed by atoms with E-state index in [4.69, 9.17) is 4.74 Å². The van der Waals surface area contributed by atoms with Gasteiger partial charge in [0.25, 0.3) is 0 Å². The molecule has 0 fully saturated rings. The first-order chi connectivity index (χ1) is 10.9. The second-order valence-corrected chi connectivity index (χ2v) is 6.37. The lowest BCUT2D eigenvalue weighted by molar-refractivity contribution is -0.0188. The van der Waals surface area contributed by atoms with Crippen LogP contribution in [0.3, 0.4) is 0 Å². The van der Waals surface area contributed by atoms with Crippen molar-refractivity contribution in [2.45, 2.75) is 39.3 Å². The van der Waals surface area contributed by atoms with Gasteiger partial charge in [-0.2, -0.15) is 0 Å². The number of ether oxygens (including phenoxy) is 1. The number of benzene rings is 1. The van der Waals surface area contributed by atoms with Crippen LogP contribution >= 0.6 is 0 Å². The molecule has 0 radical (unpaired) electrons. The maximum atomic E-state index is 10.7. The van der Waals surface area contributed by atoms with Gasteiger partial charge < -0.3 is 14.4 Å². The van der Waals surface area contributed by atoms with E-state index in [0.29, 0.717) is 13.2 Å². The fourth-order valence-corrected chi connectivity index (χ4v) is 3.05. The molecule has 122 valence electrons. The van der Waals surface area contributed by atoms with Crippen LogP contribution in [0.15, 0.2) is 30.5 Å². The first-order valence-corrected chi connectivity index (χ1v) is 7.96. The van der Waals surface area contributed by atoms with Crippen molar-refractivity contribution < 1.29 is 9.84 Å². The molecule has 0 aliphatic heterocycles. The summed E-state index contributed by atoms with van der Waals surface area (Å²) in [7, 11) is 0. The van der Waals surface area contributed by atoms with Gasteiger partial charge in [-0.25, -0.2) is 4.98 Å². The number of nitrogens with zero attached hydrogens (tertiary/aromatic N) is 3. The highest BCUT2D eigenvalue weighted by atomic mass is 16.5. The maximum absolute atomic E-state index is 10.7. The van der Waals surface area contributed by atoms with Gasteiger partial charge in [-0.1, -0.05) is 18.2 Å². The third kappa shape index (κ3) is 2.82. The fraction of sp³-hybridized carbons (Fsp3) is 0.444. The van der Waals surface area contributed by atoms with Gasteiger partial charge >= 0.3 is 0 Å². The molecule has 2 heterocycles. The Morgan fingerprint density at radius 2 is 2.00 bits per heavy atom. The number of hydrogen-bond acceptors (Lipinski definition) is 4. The number of imidazole rings is 1. The molecule has 0 spiro atoms. The molecule has 0 saturated heterocycles. The average Bonchev–Trinajstić information content (AvgIpc) is 2.83. The summed E-state index contributed by atoms with van der Waals surface area (Å²) in [5.74, 6) is 0.852. The zero-order valence-corrected chi connectivity index (χ0v) is 14.1. The van der Waals surface area contributed by atoms with Crippen LogP contribution in [-0.2, 0) is 4.74 Å². The van der Waals surface area contributed by atoms with Gasteiger partial charge in [0, 0.05) is 12.0 Å². The number of pyridine rings is 1. The molecule has 5 nitrogen and oxygen atoms in total. The minimum Gasteiger partial charge on any atom is -0.388 e. The summed E-state index contributed by atoms with van der Waals surface area (Å²) in [6.45, 7) is 8.58. The smallest absolute Gasteiger partial charge is 0.108 e. The predicted molar refractivity (Wildman–Crippen MR) is 91.6 cm³/mol. The van der Waals surface area contributed by atoms with Crippen LogP contribution in [0.4, 0.5) is 0 Å². The second-order valence-electron chi connectivity index (χ2n) is 6.37. The molecule has 2 aromatic heterocycles. The Morgan fingerprint density at radius 1 is 1.26 bits per heavy atom. The third-order valence-electron chi connectivity index (χ3n) is 4.21. The molecular weight excluding hydrogens is 290 g/mol. The number of aromatic nitrogens is 3. The van der Waals surface area contributed by atoms with Gasteiger partial charge in [0.2, 0.25) is 0 Å². The molecule has 0 unspecified atom stereocenters. The molecule has 0 bridgehead atoms. The van der Waals surface area contributed by atoms with E-state index in [9.17, 15) is 5.11 Å². The van der Waals surface area contributed by atoms with Gasteiger partial charge in [0.15, 0.2) is 0 Å². The molecule has 1 atom stereocenters. The number of para-hydroxylation sites is 1. The topological polar surface area (TPSA) is 60.2 Å². The minimum atomic E-state index is -0.933. The molecule has 0 aliphatic carbocycles. The molecule has 5 heteroatoms. The van der Waals surface area contributed by atoms with Crippen LogP contribution in [-0.4, -0.2) is 38.5 Å². The molecule has 23 heavy (non-hydrogen) atoms. The first-order valence-electron chi connectivity index (χ1n) is 7.96. The van der Waals surface area contributed by atoms with Gasteiger partial charge in [-0.3, -0.25) is 4.98 Å². The highest BCUT2D eigenvalue weighted by Gasteiger charge is 2.31. The molecule has 3 rings (SSSR count). The summed E-state index contributed by atoms with van der Waals surface area (Å²) < 4.78 is 7.73. The number of rotatable bonds is 5. The Labute approximate surface area is 135 Å². The lowest BCUT2D eigenvalue weighted by atomic mass is 9.98. The predicted octanol–water partition coefficient (Wildman–Crippen LogP) is 3.24. The van der Waals surface area contributed by atoms with Crippen molar-refractivity contribution in [1.29, 1.82) is 0 Å². The molecule has 0 saturated carbocycles. The summed E-state index contributed by atoms with van der Waals surface area (Å²) >= 11 is 0. The van der Waals surface area contributed by atoms with Crippen LogP contribution in [0.5, 0.6) is 0 Å². The van der Waals surface area contributed by atoms with Crippen molar-refractivity contribution >= 4 is 21.9 Å². The van der Waals surface area contributed by atoms with Crippen LogP contribution in [0.1, 0.15) is 32.6 Å². The Balaban J connectivity index is 2.30. The normalized spacial score (nSPS) is 13.8. The minimum absolute atomic E-state index is 0.224. The Bertz CT molecular complexity index is 833. The third-order valence-corrected chi connectivity index (χ3v) is 4.21. The fourth-order valence-electron chi connectivity index (χ4n) is 3.05. The van der Waals surface area contributed by atoms with E-state index < -0.39 is 5.60 Å². The van der Waals surface area contributed by atoms with Gasteiger partial charge in [-0.15, -0.1) is 0 Å². The molecule has 0 amide bonds. The highest BCUT2D eigenvalue weighted by molar-refractivity contribution is 6.02. The lowest BCUT2D eigenvalue weighted by Gasteiger charge is -2.32. The second kappa shape index (κ2) is 5.91. The number of aliphatic hydroxyl groups is 1. The summed E-state index contributed by atoms with van der Waals surface area (Å²) in [5, 5.41) is 11.7. The van der Waals surface area contributed by atoms with E-state index in [1.807, 2.05) is 52.0 Å². The molecular formula is C18H23N3O2. The number of aryl methyl sites for hydroxylation is 1. The quantitative estimate of drug-likeness (QED) is 0.785. The summed E-state index contributed by atoms with van der Waals surface area (Å²) in [4.78, 5) is 9.12. The average molecular weight is 313 g/mol. The Hall–Kier alpha value is -1.98. The van der Waals surface area contributed by atoms with Crippen molar-refractivity contribution in [1.82, 2.24) is 14.5 Å². The van der Waals surface area contributed by atoms with E-state index in [1.165, 1.54) is 0 Å². The zero-order chi connectivity index (χ0) is 16.6. The first kappa shape index (κ1) is 15.9. The van der Waals surface area contributed by atoms with E-state index in [0.717, 1.165) is 27.8 Å². The van der Waals surface area contributed by atoms with Crippen LogP contribution < -0.4 is 0 Å². The van der Waals surface area contributed by atoms with Crippen molar-refractivity contribution in [2.24, 2.45) is 0 Å². The van der Waals surface area contributed by atoms with Crippen molar-refractivity contribution in [3.63, 3.8) is 0 Å². The Kier molecular flexibility index (Phi) is 4.08. The summed E-state index contributed by atoms with van der Waals surface area (Å²) in [6.07, 6.45) is 1.79. The Morgan fingerprint density at radius 3 is 2.70 bits per heavy atom. The number of fused-ring (bicyclic) bond motifs is 3. The summed E-state index contributed by atoms with van der Waals surface area (Å²) in [5.41, 5.74) is 1.83. The number of hydrogen-bond donors (Lipinski definition) is 1. The van der Waals surface area contributed by atoms with Gasteiger partial charge in [-0.05, 0) is 33.8 Å². The van der Waals surface area contributed by atoms with E-state index in [2.05, 4.69) is 14.5 Å². The molecule has 3 aromatic rings. The van der Waals surface area contributed by atoms with Crippen molar-refractivity contribution in [3.05, 3.63) is 36.3 Å². The van der Waals surface area contributed by atoms with Gasteiger partial charge in [0.05, 0.1) is 35.5 Å². The largest absolute Gasteiger partial charge is 0.388 e. The van der Waals surface area contributed by atoms with Crippen molar-refractivity contribution in [2.75, 3.05) is 13.2 Å². The molecule has 1 aromatic carbocycles. The van der Waals surface area contributed by atoms with E-state index >= 15 is 0 Å². The monoisotopic (exact) mass is 313 g/mol. The SMILES string of the molecule is CCOC[C@@H](n1c(C)nc2cnc3ccccc3c21)C(C)(C)O. The molecule has 0 aliphatic rings. The highest BCUT2D eigenvalue weighted by Crippen LogP contribution is 2.32. The van der Waals surface area contributed by atoms with Gasteiger partial charge in [0.1, 0.15) is 11.3 Å². The van der Waals surface area contributed by atoms with Crippen LogP contribution in [0.25, 0.3) is 21.9 Å².